The fourth-order valence-electron chi connectivity index (χ4n) is 3.59. The molecule has 0 fully saturated rings. The molecule has 26 heavy (non-hydrogen) atoms. The molecule has 1 N–H and O–H groups in total. The number of hydrogen-bond donors (Lipinski definition) is 1. The molecule has 0 unspecified atom stereocenters. The van der Waals surface area contributed by atoms with E-state index in [1.807, 2.05) is 36.4 Å². The number of nitrogens with one attached hydrogen (secondary N) is 1. The Balaban J connectivity index is 1.48. The highest BCUT2D eigenvalue weighted by Crippen LogP contribution is 2.36. The molecule has 0 amide bonds. The molecule has 0 bridgehead atoms. The number of aromatic nitrogens is 2. The molecule has 4 aromatic rings. The lowest BCUT2D eigenvalue weighted by molar-refractivity contribution is 0.310. The molecule has 1 aliphatic heterocycles. The van der Waals surface area contributed by atoms with E-state index in [0.717, 1.165) is 41.1 Å². The van der Waals surface area contributed by atoms with Gasteiger partial charge in [-0.2, -0.15) is 5.10 Å². The van der Waals surface area contributed by atoms with E-state index in [0.29, 0.717) is 6.61 Å². The summed E-state index contributed by atoms with van der Waals surface area (Å²) in [7, 11) is 0. The van der Waals surface area contributed by atoms with E-state index in [-0.39, 0.29) is 0 Å². The highest BCUT2D eigenvalue weighted by atomic mass is 16.5. The van der Waals surface area contributed by atoms with Crippen LogP contribution in [0.15, 0.2) is 72.8 Å². The third kappa shape index (κ3) is 2.60. The molecule has 0 saturated carbocycles. The molecule has 1 aliphatic rings. The number of ether oxygens (including phenoxy) is 1. The standard InChI is InChI=1S/C22H19N3O/c1-2-7-16(8-3-1)15-26-20-12-6-11-19-21(20)22(24-23-19)25-13-17-9-4-5-10-18(17)14-25/h1-12H,13-15H2,(H,23,24). The van der Waals surface area contributed by atoms with Crippen molar-refractivity contribution in [2.45, 2.75) is 19.7 Å². The molecule has 0 atom stereocenters. The van der Waals surface area contributed by atoms with Gasteiger partial charge in [0.15, 0.2) is 5.82 Å². The van der Waals surface area contributed by atoms with E-state index in [1.54, 1.807) is 0 Å². The van der Waals surface area contributed by atoms with E-state index in [2.05, 4.69) is 51.5 Å². The van der Waals surface area contributed by atoms with Crippen LogP contribution in [0.3, 0.4) is 0 Å². The Morgan fingerprint density at radius 2 is 1.58 bits per heavy atom. The molecular weight excluding hydrogens is 322 g/mol. The first-order valence-corrected chi connectivity index (χ1v) is 8.84. The Morgan fingerprint density at radius 1 is 0.846 bits per heavy atom. The highest BCUT2D eigenvalue weighted by Gasteiger charge is 2.23. The summed E-state index contributed by atoms with van der Waals surface area (Å²) in [5, 5.41) is 8.81. The number of hydrogen-bond acceptors (Lipinski definition) is 3. The van der Waals surface area contributed by atoms with Gasteiger partial charge in [-0.15, -0.1) is 0 Å². The second kappa shape index (κ2) is 6.23. The molecule has 0 spiro atoms. The van der Waals surface area contributed by atoms with Gasteiger partial charge in [0, 0.05) is 13.1 Å². The molecule has 0 radical (unpaired) electrons. The average molecular weight is 341 g/mol. The fourth-order valence-corrected chi connectivity index (χ4v) is 3.59. The number of H-pyrrole nitrogens is 1. The van der Waals surface area contributed by atoms with Gasteiger partial charge in [0.25, 0.3) is 0 Å². The van der Waals surface area contributed by atoms with Crippen molar-refractivity contribution < 1.29 is 4.74 Å². The summed E-state index contributed by atoms with van der Waals surface area (Å²) in [5.74, 6) is 1.82. The molecule has 4 heteroatoms. The van der Waals surface area contributed by atoms with Crippen molar-refractivity contribution >= 4 is 16.7 Å². The summed E-state index contributed by atoms with van der Waals surface area (Å²) in [5.41, 5.74) is 4.89. The van der Waals surface area contributed by atoms with Crippen LogP contribution >= 0.6 is 0 Å². The summed E-state index contributed by atoms with van der Waals surface area (Å²) < 4.78 is 6.15. The summed E-state index contributed by atoms with van der Waals surface area (Å²) >= 11 is 0. The average Bonchev–Trinajstić information content (AvgIpc) is 3.31. The van der Waals surface area contributed by atoms with Gasteiger partial charge < -0.3 is 9.64 Å². The smallest absolute Gasteiger partial charge is 0.162 e. The zero-order chi connectivity index (χ0) is 17.3. The molecule has 0 aliphatic carbocycles. The maximum absolute atomic E-state index is 6.15. The van der Waals surface area contributed by atoms with Crippen LogP contribution in [0.2, 0.25) is 0 Å². The largest absolute Gasteiger partial charge is 0.488 e. The summed E-state index contributed by atoms with van der Waals surface area (Å²) in [6.45, 7) is 2.30. The van der Waals surface area contributed by atoms with Gasteiger partial charge in [0.05, 0.1) is 10.9 Å². The number of anilines is 1. The monoisotopic (exact) mass is 341 g/mol. The predicted octanol–water partition coefficient (Wildman–Crippen LogP) is 4.66. The number of benzene rings is 3. The van der Waals surface area contributed by atoms with Crippen LogP contribution < -0.4 is 9.64 Å². The Kier molecular flexibility index (Phi) is 3.60. The van der Waals surface area contributed by atoms with E-state index in [1.165, 1.54) is 11.1 Å². The maximum Gasteiger partial charge on any atom is 0.162 e. The molecule has 5 rings (SSSR count). The minimum Gasteiger partial charge on any atom is -0.488 e. The Bertz CT molecular complexity index is 1030. The van der Waals surface area contributed by atoms with Crippen LogP contribution in [-0.2, 0) is 19.7 Å². The number of fused-ring (bicyclic) bond motifs is 2. The maximum atomic E-state index is 6.15. The first-order chi connectivity index (χ1) is 12.9. The second-order valence-corrected chi connectivity index (χ2v) is 6.62. The molecular formula is C22H19N3O. The number of aromatic amines is 1. The molecule has 2 heterocycles. The molecule has 4 nitrogen and oxygen atoms in total. The van der Waals surface area contributed by atoms with E-state index >= 15 is 0 Å². The quantitative estimate of drug-likeness (QED) is 0.587. The summed E-state index contributed by atoms with van der Waals surface area (Å²) in [4.78, 5) is 2.30. The van der Waals surface area contributed by atoms with Crippen molar-refractivity contribution in [2.75, 3.05) is 4.90 Å². The van der Waals surface area contributed by atoms with E-state index < -0.39 is 0 Å². The lowest BCUT2D eigenvalue weighted by Crippen LogP contribution is -2.15. The Hall–Kier alpha value is -3.27. The van der Waals surface area contributed by atoms with Crippen molar-refractivity contribution in [2.24, 2.45) is 0 Å². The zero-order valence-electron chi connectivity index (χ0n) is 14.4. The van der Waals surface area contributed by atoms with Crippen molar-refractivity contribution in [3.63, 3.8) is 0 Å². The highest BCUT2D eigenvalue weighted by molar-refractivity contribution is 5.95. The van der Waals surface area contributed by atoms with Crippen LogP contribution in [-0.4, -0.2) is 10.2 Å². The molecule has 0 saturated heterocycles. The van der Waals surface area contributed by atoms with E-state index in [4.69, 9.17) is 4.74 Å². The second-order valence-electron chi connectivity index (χ2n) is 6.62. The van der Waals surface area contributed by atoms with Crippen LogP contribution in [0.5, 0.6) is 5.75 Å². The first kappa shape index (κ1) is 15.0. The normalized spacial score (nSPS) is 13.2. The van der Waals surface area contributed by atoms with Gasteiger partial charge in [-0.3, -0.25) is 5.10 Å². The first-order valence-electron chi connectivity index (χ1n) is 8.84. The minimum absolute atomic E-state index is 0.546. The van der Waals surface area contributed by atoms with Crippen molar-refractivity contribution in [1.82, 2.24) is 10.2 Å². The van der Waals surface area contributed by atoms with Crippen LogP contribution in [0.4, 0.5) is 5.82 Å². The third-order valence-corrected chi connectivity index (χ3v) is 4.91. The van der Waals surface area contributed by atoms with Gasteiger partial charge in [-0.05, 0) is 28.8 Å². The van der Waals surface area contributed by atoms with Gasteiger partial charge in [-0.25, -0.2) is 0 Å². The van der Waals surface area contributed by atoms with Gasteiger partial charge in [0.1, 0.15) is 12.4 Å². The van der Waals surface area contributed by atoms with Crippen LogP contribution in [0.1, 0.15) is 16.7 Å². The van der Waals surface area contributed by atoms with Crippen molar-refractivity contribution in [1.29, 1.82) is 0 Å². The van der Waals surface area contributed by atoms with E-state index in [9.17, 15) is 0 Å². The summed E-state index contributed by atoms with van der Waals surface area (Å²) in [6.07, 6.45) is 0. The number of rotatable bonds is 4. The number of nitrogens with zero attached hydrogens (tertiary/aromatic N) is 2. The predicted molar refractivity (Wildman–Crippen MR) is 103 cm³/mol. The van der Waals surface area contributed by atoms with Crippen molar-refractivity contribution in [3.8, 4) is 5.75 Å². The Morgan fingerprint density at radius 3 is 2.35 bits per heavy atom. The SMILES string of the molecule is c1ccc(COc2cccc3[nH]nc(N4Cc5ccccc5C4)c23)cc1. The summed E-state index contributed by atoms with van der Waals surface area (Å²) in [6, 6.07) is 24.9. The lowest BCUT2D eigenvalue weighted by atomic mass is 10.1. The molecule has 128 valence electrons. The van der Waals surface area contributed by atoms with Crippen LogP contribution in [0.25, 0.3) is 10.9 Å². The lowest BCUT2D eigenvalue weighted by Gasteiger charge is -2.16. The zero-order valence-corrected chi connectivity index (χ0v) is 14.4. The fraction of sp³-hybridized carbons (Fsp3) is 0.136. The molecule has 3 aromatic carbocycles. The van der Waals surface area contributed by atoms with Gasteiger partial charge in [-0.1, -0.05) is 60.7 Å². The van der Waals surface area contributed by atoms with Crippen LogP contribution in [0, 0.1) is 0 Å². The minimum atomic E-state index is 0.546. The topological polar surface area (TPSA) is 41.1 Å². The van der Waals surface area contributed by atoms with Gasteiger partial charge in [0.2, 0.25) is 0 Å². The molecule has 1 aromatic heterocycles. The van der Waals surface area contributed by atoms with Crippen molar-refractivity contribution in [3.05, 3.63) is 89.5 Å². The van der Waals surface area contributed by atoms with Gasteiger partial charge >= 0.3 is 0 Å². The Labute approximate surface area is 152 Å². The third-order valence-electron chi connectivity index (χ3n) is 4.91.